The van der Waals surface area contributed by atoms with Crippen molar-refractivity contribution in [3.8, 4) is 0 Å². The zero-order chi connectivity index (χ0) is 10.4. The number of nitrogens with zero attached hydrogens (tertiary/aromatic N) is 1. The molecule has 2 atom stereocenters. The predicted octanol–water partition coefficient (Wildman–Crippen LogP) is 1.81. The van der Waals surface area contributed by atoms with Gasteiger partial charge in [0.15, 0.2) is 0 Å². The molecule has 1 saturated carbocycles. The molecule has 0 bridgehead atoms. The second-order valence-corrected chi connectivity index (χ2v) is 4.19. The van der Waals surface area contributed by atoms with Crippen molar-refractivity contribution in [1.82, 2.24) is 10.2 Å². The highest BCUT2D eigenvalue weighted by molar-refractivity contribution is 4.86. The summed E-state index contributed by atoms with van der Waals surface area (Å²) >= 11 is 0. The lowest BCUT2D eigenvalue weighted by molar-refractivity contribution is 0.142. The molecule has 0 radical (unpaired) electrons. The van der Waals surface area contributed by atoms with Crippen LogP contribution in [0.25, 0.3) is 0 Å². The van der Waals surface area contributed by atoms with Gasteiger partial charge >= 0.3 is 0 Å². The second-order valence-electron chi connectivity index (χ2n) is 4.19. The summed E-state index contributed by atoms with van der Waals surface area (Å²) in [6.45, 7) is 3.50. The topological polar surface area (TPSA) is 15.3 Å². The zero-order valence-corrected chi connectivity index (χ0v) is 9.43. The fourth-order valence-electron chi connectivity index (χ4n) is 2.44. The Morgan fingerprint density at radius 1 is 1.36 bits per heavy atom. The van der Waals surface area contributed by atoms with Gasteiger partial charge < -0.3 is 5.32 Å². The van der Waals surface area contributed by atoms with Crippen molar-refractivity contribution in [3.63, 3.8) is 0 Å². The van der Waals surface area contributed by atoms with Gasteiger partial charge in [-0.1, -0.05) is 19.8 Å². The van der Waals surface area contributed by atoms with Crippen molar-refractivity contribution in [2.45, 2.75) is 44.7 Å². The van der Waals surface area contributed by atoms with Crippen molar-refractivity contribution in [2.24, 2.45) is 0 Å². The van der Waals surface area contributed by atoms with Crippen LogP contribution in [-0.2, 0) is 0 Å². The maximum Gasteiger partial charge on any atom is 0.102 e. The zero-order valence-electron chi connectivity index (χ0n) is 9.43. The van der Waals surface area contributed by atoms with E-state index in [2.05, 4.69) is 17.1 Å². The average Bonchev–Trinajstić information content (AvgIpc) is 2.19. The SMILES string of the molecule is CCN[C@H]1CCCC[C@@H]1N(C)CCF. The summed E-state index contributed by atoms with van der Waals surface area (Å²) in [6, 6.07) is 1.12. The van der Waals surface area contributed by atoms with Gasteiger partial charge in [-0.05, 0) is 26.4 Å². The first kappa shape index (κ1) is 11.9. The molecule has 1 aliphatic carbocycles. The minimum atomic E-state index is -0.230. The Balaban J connectivity index is 2.44. The van der Waals surface area contributed by atoms with Crippen LogP contribution in [0, 0.1) is 0 Å². The first-order valence-electron chi connectivity index (χ1n) is 5.79. The van der Waals surface area contributed by atoms with E-state index in [1.54, 1.807) is 0 Å². The summed E-state index contributed by atoms with van der Waals surface area (Å²) in [5.74, 6) is 0. The van der Waals surface area contributed by atoms with E-state index in [1.807, 2.05) is 7.05 Å². The lowest BCUT2D eigenvalue weighted by Gasteiger charge is -2.38. The molecule has 1 N–H and O–H groups in total. The fraction of sp³-hybridized carbons (Fsp3) is 1.00. The van der Waals surface area contributed by atoms with Gasteiger partial charge in [-0.3, -0.25) is 4.90 Å². The fourth-order valence-corrected chi connectivity index (χ4v) is 2.44. The maximum absolute atomic E-state index is 12.2. The molecule has 14 heavy (non-hydrogen) atoms. The first-order valence-corrected chi connectivity index (χ1v) is 5.79. The molecule has 1 aliphatic rings. The normalized spacial score (nSPS) is 28.3. The number of likely N-dealkylation sites (N-methyl/N-ethyl adjacent to an activating group) is 2. The van der Waals surface area contributed by atoms with E-state index in [-0.39, 0.29) is 6.67 Å². The monoisotopic (exact) mass is 202 g/mol. The van der Waals surface area contributed by atoms with Crippen LogP contribution in [0.3, 0.4) is 0 Å². The van der Waals surface area contributed by atoms with Crippen LogP contribution in [0.2, 0.25) is 0 Å². The Morgan fingerprint density at radius 2 is 2.07 bits per heavy atom. The van der Waals surface area contributed by atoms with E-state index in [9.17, 15) is 4.39 Å². The average molecular weight is 202 g/mol. The van der Waals surface area contributed by atoms with Gasteiger partial charge in [0.05, 0.1) is 0 Å². The molecule has 0 amide bonds. The Labute approximate surface area is 86.9 Å². The van der Waals surface area contributed by atoms with Crippen LogP contribution in [0.4, 0.5) is 4.39 Å². The molecule has 3 heteroatoms. The Hall–Kier alpha value is -0.150. The van der Waals surface area contributed by atoms with Crippen molar-refractivity contribution in [1.29, 1.82) is 0 Å². The number of hydrogen-bond donors (Lipinski definition) is 1. The Bertz CT molecular complexity index is 150. The van der Waals surface area contributed by atoms with E-state index in [1.165, 1.54) is 25.7 Å². The van der Waals surface area contributed by atoms with Crippen LogP contribution in [0.1, 0.15) is 32.6 Å². The quantitative estimate of drug-likeness (QED) is 0.731. The molecule has 2 nitrogen and oxygen atoms in total. The molecule has 0 saturated heterocycles. The van der Waals surface area contributed by atoms with E-state index < -0.39 is 0 Å². The lowest BCUT2D eigenvalue weighted by Crippen LogP contribution is -2.50. The molecule has 1 fully saturated rings. The summed E-state index contributed by atoms with van der Waals surface area (Å²) in [7, 11) is 2.04. The van der Waals surface area contributed by atoms with Gasteiger partial charge in [-0.2, -0.15) is 0 Å². The summed E-state index contributed by atoms with van der Waals surface area (Å²) in [4.78, 5) is 2.17. The highest BCUT2D eigenvalue weighted by Crippen LogP contribution is 2.22. The summed E-state index contributed by atoms with van der Waals surface area (Å²) in [6.07, 6.45) is 5.07. The van der Waals surface area contributed by atoms with Crippen LogP contribution in [0.15, 0.2) is 0 Å². The maximum atomic E-state index is 12.2. The summed E-state index contributed by atoms with van der Waals surface area (Å²) in [5, 5.41) is 3.51. The molecule has 0 spiro atoms. The van der Waals surface area contributed by atoms with Crippen molar-refractivity contribution < 1.29 is 4.39 Å². The molecule has 84 valence electrons. The van der Waals surface area contributed by atoms with Gasteiger partial charge in [0.1, 0.15) is 6.67 Å². The van der Waals surface area contributed by atoms with Crippen LogP contribution in [-0.4, -0.2) is 43.8 Å². The van der Waals surface area contributed by atoms with Gasteiger partial charge in [-0.15, -0.1) is 0 Å². The molecular weight excluding hydrogens is 179 g/mol. The minimum absolute atomic E-state index is 0.230. The molecule has 0 heterocycles. The number of rotatable bonds is 5. The Morgan fingerprint density at radius 3 is 2.71 bits per heavy atom. The molecule has 1 rings (SSSR count). The van der Waals surface area contributed by atoms with Gasteiger partial charge in [0.2, 0.25) is 0 Å². The van der Waals surface area contributed by atoms with Crippen molar-refractivity contribution >= 4 is 0 Å². The smallest absolute Gasteiger partial charge is 0.102 e. The van der Waals surface area contributed by atoms with Gasteiger partial charge in [-0.25, -0.2) is 4.39 Å². The molecule has 0 aliphatic heterocycles. The summed E-state index contributed by atoms with van der Waals surface area (Å²) < 4.78 is 12.2. The lowest BCUT2D eigenvalue weighted by atomic mass is 9.89. The van der Waals surface area contributed by atoms with Crippen molar-refractivity contribution in [2.75, 3.05) is 26.8 Å². The van der Waals surface area contributed by atoms with Crippen LogP contribution < -0.4 is 5.32 Å². The Kier molecular flexibility index (Phi) is 5.41. The molecular formula is C11H23FN2. The third-order valence-corrected chi connectivity index (χ3v) is 3.20. The van der Waals surface area contributed by atoms with Gasteiger partial charge in [0.25, 0.3) is 0 Å². The van der Waals surface area contributed by atoms with E-state index >= 15 is 0 Å². The van der Waals surface area contributed by atoms with Crippen molar-refractivity contribution in [3.05, 3.63) is 0 Å². The number of hydrogen-bond acceptors (Lipinski definition) is 2. The molecule has 0 aromatic carbocycles. The minimum Gasteiger partial charge on any atom is -0.313 e. The van der Waals surface area contributed by atoms with Crippen LogP contribution in [0.5, 0.6) is 0 Å². The van der Waals surface area contributed by atoms with Gasteiger partial charge in [0, 0.05) is 18.6 Å². The highest BCUT2D eigenvalue weighted by Gasteiger charge is 2.26. The van der Waals surface area contributed by atoms with Crippen LogP contribution >= 0.6 is 0 Å². The van der Waals surface area contributed by atoms with E-state index in [0.29, 0.717) is 18.6 Å². The molecule has 0 unspecified atom stereocenters. The molecule has 0 aromatic rings. The number of halogens is 1. The number of alkyl halides is 1. The van der Waals surface area contributed by atoms with E-state index in [4.69, 9.17) is 0 Å². The highest BCUT2D eigenvalue weighted by atomic mass is 19.1. The van der Waals surface area contributed by atoms with E-state index in [0.717, 1.165) is 6.54 Å². The number of nitrogens with one attached hydrogen (secondary N) is 1. The summed E-state index contributed by atoms with van der Waals surface area (Å²) in [5.41, 5.74) is 0. The largest absolute Gasteiger partial charge is 0.313 e. The predicted molar refractivity (Wildman–Crippen MR) is 58.3 cm³/mol. The standard InChI is InChI=1S/C11H23FN2/c1-3-13-10-6-4-5-7-11(10)14(2)9-8-12/h10-11,13H,3-9H2,1-2H3/t10-,11-/m0/s1. The molecule has 0 aromatic heterocycles. The second kappa shape index (κ2) is 6.36. The third kappa shape index (κ3) is 3.21. The third-order valence-electron chi connectivity index (χ3n) is 3.20. The first-order chi connectivity index (χ1) is 6.79.